The van der Waals surface area contributed by atoms with Crippen molar-refractivity contribution in [2.45, 2.75) is 13.5 Å². The Labute approximate surface area is 220 Å². The van der Waals surface area contributed by atoms with E-state index >= 15 is 0 Å². The number of esters is 1. The van der Waals surface area contributed by atoms with Crippen molar-refractivity contribution in [2.75, 3.05) is 6.61 Å². The Balaban J connectivity index is 1.63. The van der Waals surface area contributed by atoms with E-state index in [4.69, 9.17) is 49.0 Å². The number of halogens is 4. The van der Waals surface area contributed by atoms with Gasteiger partial charge in [-0.2, -0.15) is 0 Å². The molecule has 4 rings (SSSR count). The van der Waals surface area contributed by atoms with Crippen molar-refractivity contribution in [1.82, 2.24) is 0 Å². The van der Waals surface area contributed by atoms with Crippen molar-refractivity contribution in [3.63, 3.8) is 0 Å². The highest BCUT2D eigenvalue weighted by atomic mass is 79.9. The molecule has 0 unspecified atom stereocenters. The first-order valence-corrected chi connectivity index (χ1v) is 12.1. The van der Waals surface area contributed by atoms with Crippen molar-refractivity contribution in [2.24, 2.45) is 4.99 Å². The molecule has 0 aromatic heterocycles. The van der Waals surface area contributed by atoms with Crippen molar-refractivity contribution in [3.8, 4) is 11.5 Å². The highest BCUT2D eigenvalue weighted by Gasteiger charge is 2.26. The maximum Gasteiger partial charge on any atom is 0.363 e. The van der Waals surface area contributed by atoms with E-state index in [0.29, 0.717) is 50.9 Å². The second kappa shape index (κ2) is 10.8. The van der Waals surface area contributed by atoms with Gasteiger partial charge < -0.3 is 14.2 Å². The van der Waals surface area contributed by atoms with Gasteiger partial charge in [-0.05, 0) is 55.0 Å². The predicted molar refractivity (Wildman–Crippen MR) is 138 cm³/mol. The van der Waals surface area contributed by atoms with Gasteiger partial charge in [-0.15, -0.1) is 0 Å². The van der Waals surface area contributed by atoms with Crippen LogP contribution < -0.4 is 9.47 Å². The van der Waals surface area contributed by atoms with Gasteiger partial charge in [0.25, 0.3) is 0 Å². The molecule has 0 spiro atoms. The van der Waals surface area contributed by atoms with Gasteiger partial charge >= 0.3 is 5.97 Å². The number of benzene rings is 3. The lowest BCUT2D eigenvalue weighted by molar-refractivity contribution is -0.129. The Bertz CT molecular complexity index is 1320. The van der Waals surface area contributed by atoms with Crippen LogP contribution in [0.5, 0.6) is 11.5 Å². The lowest BCUT2D eigenvalue weighted by Gasteiger charge is -2.15. The molecule has 1 heterocycles. The van der Waals surface area contributed by atoms with Crippen LogP contribution in [0.25, 0.3) is 6.08 Å². The molecule has 0 saturated carbocycles. The van der Waals surface area contributed by atoms with E-state index in [0.717, 1.165) is 10.0 Å². The molecule has 34 heavy (non-hydrogen) atoms. The van der Waals surface area contributed by atoms with Crippen LogP contribution in [-0.4, -0.2) is 18.5 Å². The van der Waals surface area contributed by atoms with Crippen LogP contribution in [0.1, 0.15) is 23.6 Å². The first-order chi connectivity index (χ1) is 16.4. The highest BCUT2D eigenvalue weighted by Crippen LogP contribution is 2.38. The number of nitrogens with zero attached hydrogens (tertiary/aromatic N) is 1. The summed E-state index contributed by atoms with van der Waals surface area (Å²) in [6, 6.07) is 16.0. The van der Waals surface area contributed by atoms with E-state index in [1.807, 2.05) is 31.2 Å². The average molecular weight is 582 g/mol. The number of cyclic esters (lactones) is 1. The molecule has 1 aliphatic heterocycles. The van der Waals surface area contributed by atoms with Crippen molar-refractivity contribution in [1.29, 1.82) is 0 Å². The Morgan fingerprint density at radius 1 is 1.03 bits per heavy atom. The van der Waals surface area contributed by atoms with Crippen LogP contribution in [-0.2, 0) is 16.1 Å². The maximum atomic E-state index is 12.4. The smallest absolute Gasteiger partial charge is 0.363 e. The summed E-state index contributed by atoms with van der Waals surface area (Å²) in [6.07, 6.45) is 1.56. The van der Waals surface area contributed by atoms with E-state index in [9.17, 15) is 4.79 Å². The number of aliphatic imine (C=N–C) groups is 1. The maximum absolute atomic E-state index is 12.4. The van der Waals surface area contributed by atoms with Gasteiger partial charge in [0.2, 0.25) is 5.90 Å². The van der Waals surface area contributed by atoms with E-state index in [1.165, 1.54) is 0 Å². The number of hydrogen-bond acceptors (Lipinski definition) is 5. The molecule has 0 aliphatic carbocycles. The normalized spacial score (nSPS) is 14.2. The van der Waals surface area contributed by atoms with Crippen LogP contribution in [0.3, 0.4) is 0 Å². The van der Waals surface area contributed by atoms with Gasteiger partial charge in [-0.1, -0.05) is 68.9 Å². The molecule has 0 atom stereocenters. The fourth-order valence-corrected chi connectivity index (χ4v) is 4.35. The number of carbonyl (C=O) groups is 1. The minimum absolute atomic E-state index is 0.0985. The van der Waals surface area contributed by atoms with Gasteiger partial charge in [-0.3, -0.25) is 0 Å². The van der Waals surface area contributed by atoms with Crippen LogP contribution in [0, 0.1) is 0 Å². The third kappa shape index (κ3) is 5.58. The topological polar surface area (TPSA) is 57.1 Å². The summed E-state index contributed by atoms with van der Waals surface area (Å²) in [7, 11) is 0. The zero-order valence-corrected chi connectivity index (χ0v) is 21.6. The Morgan fingerprint density at radius 2 is 1.82 bits per heavy atom. The van der Waals surface area contributed by atoms with Crippen LogP contribution in [0.2, 0.25) is 15.1 Å². The van der Waals surface area contributed by atoms with E-state index in [1.54, 1.807) is 36.4 Å². The Kier molecular flexibility index (Phi) is 7.84. The highest BCUT2D eigenvalue weighted by molar-refractivity contribution is 9.10. The van der Waals surface area contributed by atoms with Gasteiger partial charge in [0, 0.05) is 15.1 Å². The first-order valence-electron chi connectivity index (χ1n) is 10.2. The van der Waals surface area contributed by atoms with Gasteiger partial charge in [0.1, 0.15) is 6.61 Å². The zero-order chi connectivity index (χ0) is 24.2. The second-order valence-corrected chi connectivity index (χ2v) is 9.21. The van der Waals surface area contributed by atoms with Crippen molar-refractivity contribution < 1.29 is 19.0 Å². The monoisotopic (exact) mass is 579 g/mol. The van der Waals surface area contributed by atoms with Crippen LogP contribution in [0.15, 0.2) is 69.8 Å². The molecular formula is C25H17BrCl3NO4. The van der Waals surface area contributed by atoms with Gasteiger partial charge in [-0.25, -0.2) is 9.79 Å². The number of rotatable bonds is 7. The number of carbonyl (C=O) groups excluding carboxylic acids is 1. The predicted octanol–water partition coefficient (Wildman–Crippen LogP) is 7.73. The Morgan fingerprint density at radius 3 is 2.56 bits per heavy atom. The molecule has 0 fully saturated rings. The molecule has 0 N–H and O–H groups in total. The largest absolute Gasteiger partial charge is 0.490 e. The summed E-state index contributed by atoms with van der Waals surface area (Å²) < 4.78 is 18.0. The minimum atomic E-state index is -0.607. The van der Waals surface area contributed by atoms with E-state index in [2.05, 4.69) is 20.9 Å². The van der Waals surface area contributed by atoms with Crippen LogP contribution >= 0.6 is 50.7 Å². The van der Waals surface area contributed by atoms with Crippen LogP contribution in [0.4, 0.5) is 0 Å². The summed E-state index contributed by atoms with van der Waals surface area (Å²) in [5.41, 5.74) is 2.12. The van der Waals surface area contributed by atoms with Crippen molar-refractivity contribution in [3.05, 3.63) is 96.5 Å². The molecule has 9 heteroatoms. The number of ether oxygens (including phenoxy) is 3. The minimum Gasteiger partial charge on any atom is -0.490 e. The van der Waals surface area contributed by atoms with Gasteiger partial charge in [0.05, 0.1) is 22.2 Å². The quantitative estimate of drug-likeness (QED) is 0.212. The summed E-state index contributed by atoms with van der Waals surface area (Å²) in [4.78, 5) is 16.7. The van der Waals surface area contributed by atoms with E-state index in [-0.39, 0.29) is 11.6 Å². The fourth-order valence-electron chi connectivity index (χ4n) is 3.18. The zero-order valence-electron chi connectivity index (χ0n) is 17.8. The molecule has 0 saturated heterocycles. The summed E-state index contributed by atoms with van der Waals surface area (Å²) in [6.45, 7) is 2.56. The third-order valence-corrected chi connectivity index (χ3v) is 6.35. The lowest BCUT2D eigenvalue weighted by Crippen LogP contribution is -2.06. The van der Waals surface area contributed by atoms with Crippen molar-refractivity contribution >= 4 is 68.7 Å². The molecule has 0 amide bonds. The fraction of sp³-hybridized carbons (Fsp3) is 0.120. The number of hydrogen-bond donors (Lipinski definition) is 0. The van der Waals surface area contributed by atoms with Gasteiger partial charge in [0.15, 0.2) is 17.2 Å². The molecule has 0 radical (unpaired) electrons. The summed E-state index contributed by atoms with van der Waals surface area (Å²) >= 11 is 22.2. The molecule has 1 aliphatic rings. The lowest BCUT2D eigenvalue weighted by atomic mass is 10.1. The summed E-state index contributed by atoms with van der Waals surface area (Å²) in [5.74, 6) is 0.351. The third-order valence-electron chi connectivity index (χ3n) is 4.75. The first kappa shape index (κ1) is 24.6. The molecule has 3 aromatic carbocycles. The molecule has 5 nitrogen and oxygen atoms in total. The molecule has 174 valence electrons. The summed E-state index contributed by atoms with van der Waals surface area (Å²) in [5, 5.41) is 1.13. The molecule has 0 bridgehead atoms. The average Bonchev–Trinajstić information content (AvgIpc) is 3.14. The second-order valence-electron chi connectivity index (χ2n) is 7.10. The molecule has 3 aromatic rings. The van der Waals surface area contributed by atoms with E-state index < -0.39 is 5.97 Å². The standard InChI is InChI=1S/C25H17BrCl3NO4/c1-2-32-22-11-14(9-20(29)23(22)33-13-15-5-3-4-6-18(15)26)10-21-25(31)34-24(30-21)17-8-7-16(27)12-19(17)28/h3-12H,2,13H2,1H3/b21-10-. The SMILES string of the molecule is CCOc1cc(/C=C2\N=C(c3ccc(Cl)cc3Cl)OC2=O)cc(Cl)c1OCc1ccccc1Br. The Hall–Kier alpha value is -2.51. The molecular weight excluding hydrogens is 565 g/mol.